The van der Waals surface area contributed by atoms with Crippen molar-refractivity contribution >= 4 is 17.7 Å². The number of halogens is 1. The molecule has 0 aliphatic carbocycles. The quantitative estimate of drug-likeness (QED) is 0.866. The van der Waals surface area contributed by atoms with Crippen molar-refractivity contribution in [3.8, 4) is 0 Å². The van der Waals surface area contributed by atoms with Crippen LogP contribution in [0.4, 0.5) is 4.79 Å². The molecule has 1 N–H and O–H groups in total. The number of nitrogens with zero attached hydrogens (tertiary/aromatic N) is 1. The first-order chi connectivity index (χ1) is 9.12. The van der Waals surface area contributed by atoms with Crippen LogP contribution in [-0.4, -0.2) is 34.8 Å². The normalized spacial score (nSPS) is 17.6. The number of carbonyl (C=O) groups excluding carboxylic acids is 1. The summed E-state index contributed by atoms with van der Waals surface area (Å²) >= 11 is 6.07. The fraction of sp³-hybridized carbons (Fsp3) is 0.533. The van der Waals surface area contributed by atoms with E-state index >= 15 is 0 Å². The summed E-state index contributed by atoms with van der Waals surface area (Å²) in [6.45, 7) is 7.77. The van der Waals surface area contributed by atoms with Crippen LogP contribution in [0.2, 0.25) is 5.02 Å². The molecule has 1 aromatic rings. The van der Waals surface area contributed by atoms with Gasteiger partial charge in [-0.15, -0.1) is 0 Å². The molecule has 1 aromatic carbocycles. The molecular weight excluding hydrogens is 278 g/mol. The van der Waals surface area contributed by atoms with E-state index in [1.165, 1.54) is 4.90 Å². The van der Waals surface area contributed by atoms with Gasteiger partial charge in [-0.2, -0.15) is 0 Å². The van der Waals surface area contributed by atoms with Crippen molar-refractivity contribution < 1.29 is 14.6 Å². The highest BCUT2D eigenvalue weighted by Gasteiger charge is 2.47. The summed E-state index contributed by atoms with van der Waals surface area (Å²) in [5.74, 6) is 0. The van der Waals surface area contributed by atoms with E-state index in [4.69, 9.17) is 16.3 Å². The van der Waals surface area contributed by atoms with Crippen molar-refractivity contribution in [3.05, 3.63) is 34.3 Å². The van der Waals surface area contributed by atoms with Gasteiger partial charge >= 0.3 is 6.09 Å². The Bertz CT molecular complexity index is 530. The van der Waals surface area contributed by atoms with Crippen molar-refractivity contribution in [2.24, 2.45) is 0 Å². The maximum atomic E-state index is 11.9. The number of amides is 1. The van der Waals surface area contributed by atoms with Gasteiger partial charge in [-0.05, 0) is 44.9 Å². The number of β-amino-alcohol motifs (C(OH)–C–C–N with tert-alkyl or cyclic N) is 1. The lowest BCUT2D eigenvalue weighted by Crippen LogP contribution is -2.62. The maximum absolute atomic E-state index is 11.9. The smallest absolute Gasteiger partial charge is 0.410 e. The summed E-state index contributed by atoms with van der Waals surface area (Å²) in [7, 11) is 0. The zero-order valence-electron chi connectivity index (χ0n) is 12.2. The molecule has 0 radical (unpaired) electrons. The third-order valence-electron chi connectivity index (χ3n) is 3.33. The predicted octanol–water partition coefficient (Wildman–Crippen LogP) is 3.09. The average Bonchev–Trinajstić information content (AvgIpc) is 2.26. The number of aliphatic hydroxyl groups is 1. The lowest BCUT2D eigenvalue weighted by atomic mass is 9.84. The lowest BCUT2D eigenvalue weighted by Gasteiger charge is -2.47. The Morgan fingerprint density at radius 3 is 2.55 bits per heavy atom. The van der Waals surface area contributed by atoms with E-state index in [1.807, 2.05) is 33.8 Å². The van der Waals surface area contributed by atoms with Crippen LogP contribution in [0.3, 0.4) is 0 Å². The SMILES string of the molecule is Cc1c(Cl)cccc1C1(O)CN(C(=O)OC(C)(C)C)C1. The molecule has 0 atom stereocenters. The highest BCUT2D eigenvalue weighted by Crippen LogP contribution is 2.36. The topological polar surface area (TPSA) is 49.8 Å². The second kappa shape index (κ2) is 4.93. The average molecular weight is 298 g/mol. The molecular formula is C15H20ClNO3. The van der Waals surface area contributed by atoms with Crippen LogP contribution < -0.4 is 0 Å². The predicted molar refractivity (Wildman–Crippen MR) is 77.9 cm³/mol. The van der Waals surface area contributed by atoms with Gasteiger partial charge in [-0.25, -0.2) is 4.79 Å². The number of hydrogen-bond donors (Lipinski definition) is 1. The first-order valence-electron chi connectivity index (χ1n) is 6.58. The van der Waals surface area contributed by atoms with Gasteiger partial charge in [0.05, 0.1) is 13.1 Å². The molecule has 110 valence electrons. The molecule has 2 rings (SSSR count). The Hall–Kier alpha value is -1.26. The number of hydrogen-bond acceptors (Lipinski definition) is 3. The van der Waals surface area contributed by atoms with Crippen molar-refractivity contribution in [2.75, 3.05) is 13.1 Å². The van der Waals surface area contributed by atoms with E-state index in [0.29, 0.717) is 5.02 Å². The Balaban J connectivity index is 2.08. The molecule has 1 aliphatic heterocycles. The highest BCUT2D eigenvalue weighted by molar-refractivity contribution is 6.31. The summed E-state index contributed by atoms with van der Waals surface area (Å²) in [6, 6.07) is 5.43. The van der Waals surface area contributed by atoms with E-state index in [9.17, 15) is 9.90 Å². The van der Waals surface area contributed by atoms with Crippen LogP contribution in [0.25, 0.3) is 0 Å². The third-order valence-corrected chi connectivity index (χ3v) is 3.74. The minimum atomic E-state index is -1.04. The molecule has 1 amide bonds. The molecule has 1 saturated heterocycles. The maximum Gasteiger partial charge on any atom is 0.410 e. The van der Waals surface area contributed by atoms with Crippen molar-refractivity contribution in [1.82, 2.24) is 4.90 Å². The first-order valence-corrected chi connectivity index (χ1v) is 6.96. The fourth-order valence-corrected chi connectivity index (χ4v) is 2.50. The van der Waals surface area contributed by atoms with Crippen molar-refractivity contribution in [3.63, 3.8) is 0 Å². The summed E-state index contributed by atoms with van der Waals surface area (Å²) in [5.41, 5.74) is 0.0492. The van der Waals surface area contributed by atoms with Crippen LogP contribution in [0, 0.1) is 6.92 Å². The summed E-state index contributed by atoms with van der Waals surface area (Å²) in [4.78, 5) is 13.4. The summed E-state index contributed by atoms with van der Waals surface area (Å²) < 4.78 is 5.27. The van der Waals surface area contributed by atoms with Crippen molar-refractivity contribution in [2.45, 2.75) is 38.9 Å². The Morgan fingerprint density at radius 2 is 2.00 bits per heavy atom. The Labute approximate surface area is 124 Å². The number of likely N-dealkylation sites (tertiary alicyclic amines) is 1. The molecule has 0 saturated carbocycles. The second-order valence-corrected chi connectivity index (χ2v) is 6.69. The van der Waals surface area contributed by atoms with Gasteiger partial charge in [0.1, 0.15) is 11.2 Å². The molecule has 0 bridgehead atoms. The van der Waals surface area contributed by atoms with E-state index in [0.717, 1.165) is 11.1 Å². The molecule has 5 heteroatoms. The molecule has 1 fully saturated rings. The van der Waals surface area contributed by atoms with Gasteiger partial charge in [-0.3, -0.25) is 0 Å². The molecule has 0 spiro atoms. The van der Waals surface area contributed by atoms with Gasteiger partial charge in [0.2, 0.25) is 0 Å². The van der Waals surface area contributed by atoms with Crippen LogP contribution in [0.5, 0.6) is 0 Å². The zero-order chi connectivity index (χ0) is 15.1. The van der Waals surface area contributed by atoms with Gasteiger partial charge in [0, 0.05) is 5.02 Å². The largest absolute Gasteiger partial charge is 0.444 e. The Kier molecular flexibility index (Phi) is 3.73. The number of carbonyl (C=O) groups is 1. The minimum absolute atomic E-state index is 0.225. The van der Waals surface area contributed by atoms with Crippen LogP contribution >= 0.6 is 11.6 Å². The highest BCUT2D eigenvalue weighted by atomic mass is 35.5. The van der Waals surface area contributed by atoms with Gasteiger partial charge < -0.3 is 14.7 Å². The first kappa shape index (κ1) is 15.1. The van der Waals surface area contributed by atoms with Gasteiger partial charge in [-0.1, -0.05) is 23.7 Å². The van der Waals surface area contributed by atoms with Gasteiger partial charge in [0.25, 0.3) is 0 Å². The summed E-state index contributed by atoms with van der Waals surface area (Å²) in [5, 5.41) is 11.2. The zero-order valence-corrected chi connectivity index (χ0v) is 13.0. The van der Waals surface area contributed by atoms with Crippen LogP contribution in [-0.2, 0) is 10.3 Å². The van der Waals surface area contributed by atoms with Crippen molar-refractivity contribution in [1.29, 1.82) is 0 Å². The lowest BCUT2D eigenvalue weighted by molar-refractivity contribution is -0.104. The van der Waals surface area contributed by atoms with E-state index in [-0.39, 0.29) is 13.1 Å². The van der Waals surface area contributed by atoms with Crippen LogP contribution in [0.15, 0.2) is 18.2 Å². The number of benzene rings is 1. The standard InChI is InChI=1S/C15H20ClNO3/c1-10-11(6-5-7-12(10)16)15(19)8-17(9-15)13(18)20-14(2,3)4/h5-7,19H,8-9H2,1-4H3. The second-order valence-electron chi connectivity index (χ2n) is 6.28. The summed E-state index contributed by atoms with van der Waals surface area (Å²) in [6.07, 6.45) is -0.401. The molecule has 0 aromatic heterocycles. The van der Waals surface area contributed by atoms with E-state index in [2.05, 4.69) is 0 Å². The molecule has 1 heterocycles. The van der Waals surface area contributed by atoms with E-state index < -0.39 is 17.3 Å². The third kappa shape index (κ3) is 2.91. The molecule has 0 unspecified atom stereocenters. The van der Waals surface area contributed by atoms with E-state index in [1.54, 1.807) is 12.1 Å². The number of ether oxygens (including phenoxy) is 1. The molecule has 1 aliphatic rings. The number of rotatable bonds is 1. The molecule has 4 nitrogen and oxygen atoms in total. The molecule has 20 heavy (non-hydrogen) atoms. The fourth-order valence-electron chi connectivity index (χ4n) is 2.32. The van der Waals surface area contributed by atoms with Crippen LogP contribution in [0.1, 0.15) is 31.9 Å². The van der Waals surface area contributed by atoms with Gasteiger partial charge in [0.15, 0.2) is 0 Å². The minimum Gasteiger partial charge on any atom is -0.444 e. The monoisotopic (exact) mass is 297 g/mol. The Morgan fingerprint density at radius 1 is 1.40 bits per heavy atom.